The summed E-state index contributed by atoms with van der Waals surface area (Å²) >= 11 is 0. The quantitative estimate of drug-likeness (QED) is 0.751. The lowest BCUT2D eigenvalue weighted by atomic mass is 10.1. The minimum Gasteiger partial charge on any atom is -0.378 e. The third kappa shape index (κ3) is 5.74. The van der Waals surface area contributed by atoms with Gasteiger partial charge in [0.25, 0.3) is 0 Å². The number of rotatable bonds is 6. The van der Waals surface area contributed by atoms with Crippen LogP contribution in [-0.2, 0) is 9.53 Å². The van der Waals surface area contributed by atoms with Gasteiger partial charge < -0.3 is 10.1 Å². The molecule has 1 unspecified atom stereocenters. The van der Waals surface area contributed by atoms with Crippen molar-refractivity contribution in [1.29, 1.82) is 0 Å². The van der Waals surface area contributed by atoms with Crippen molar-refractivity contribution in [3.05, 3.63) is 12.2 Å². The van der Waals surface area contributed by atoms with Crippen molar-refractivity contribution in [2.45, 2.75) is 46.7 Å². The van der Waals surface area contributed by atoms with Crippen molar-refractivity contribution in [2.24, 2.45) is 5.92 Å². The molecule has 0 spiro atoms. The molecular formula is C15H30N2O2. The lowest BCUT2D eigenvalue weighted by molar-refractivity contribution is -0.119. The van der Waals surface area contributed by atoms with Crippen LogP contribution < -0.4 is 5.32 Å². The van der Waals surface area contributed by atoms with Crippen LogP contribution in [0, 0.1) is 5.92 Å². The number of nitrogens with one attached hydrogen (secondary N) is 1. The van der Waals surface area contributed by atoms with Crippen molar-refractivity contribution < 1.29 is 9.53 Å². The van der Waals surface area contributed by atoms with E-state index in [4.69, 9.17) is 4.74 Å². The number of carbonyl (C=O) groups excluding carboxylic acids is 1. The molecule has 0 aromatic carbocycles. The second kappa shape index (κ2) is 9.10. The fourth-order valence-corrected chi connectivity index (χ4v) is 1.62. The summed E-state index contributed by atoms with van der Waals surface area (Å²) in [6.45, 7) is 16.3. The molecule has 1 rings (SSSR count). The molecule has 0 aromatic heterocycles. The van der Waals surface area contributed by atoms with Gasteiger partial charge in [-0.3, -0.25) is 9.69 Å². The van der Waals surface area contributed by atoms with Crippen LogP contribution >= 0.6 is 0 Å². The highest BCUT2D eigenvalue weighted by atomic mass is 16.5. The minimum absolute atomic E-state index is 0.0432. The normalized spacial score (nSPS) is 16.4. The molecule has 0 radical (unpaired) electrons. The number of carbonyl (C=O) groups is 1. The van der Waals surface area contributed by atoms with E-state index in [0.717, 1.165) is 13.2 Å². The number of nitrogens with zero attached hydrogens (tertiary/aromatic N) is 1. The summed E-state index contributed by atoms with van der Waals surface area (Å²) in [6, 6.07) is 0.468. The third-order valence-electron chi connectivity index (χ3n) is 3.27. The largest absolute Gasteiger partial charge is 0.378 e. The summed E-state index contributed by atoms with van der Waals surface area (Å²) in [5, 5.41) is 2.90. The average molecular weight is 270 g/mol. The molecule has 0 aromatic rings. The smallest absolute Gasteiger partial charge is 0.248 e. The van der Waals surface area contributed by atoms with Crippen LogP contribution in [0.25, 0.3) is 0 Å². The lowest BCUT2D eigenvalue weighted by Crippen LogP contribution is -2.52. The molecule has 19 heavy (non-hydrogen) atoms. The van der Waals surface area contributed by atoms with Gasteiger partial charge in [-0.1, -0.05) is 34.3 Å². The maximum absolute atomic E-state index is 11.9. The van der Waals surface area contributed by atoms with E-state index in [1.807, 2.05) is 27.8 Å². The molecule has 1 saturated heterocycles. The molecule has 0 saturated carbocycles. The topological polar surface area (TPSA) is 41.6 Å². The molecule has 0 aliphatic carbocycles. The Bertz CT molecular complexity index is 286. The van der Waals surface area contributed by atoms with Gasteiger partial charge in [0.1, 0.15) is 0 Å². The van der Waals surface area contributed by atoms with Crippen LogP contribution in [0.3, 0.4) is 0 Å². The summed E-state index contributed by atoms with van der Waals surface area (Å²) in [6.07, 6.45) is 0. The van der Waals surface area contributed by atoms with E-state index in [1.165, 1.54) is 0 Å². The van der Waals surface area contributed by atoms with E-state index in [0.29, 0.717) is 24.1 Å². The van der Waals surface area contributed by atoms with Gasteiger partial charge in [0.15, 0.2) is 0 Å². The number of hydrogen-bond acceptors (Lipinski definition) is 3. The van der Waals surface area contributed by atoms with Gasteiger partial charge in [-0.15, -0.1) is 0 Å². The third-order valence-corrected chi connectivity index (χ3v) is 3.27. The summed E-state index contributed by atoms with van der Waals surface area (Å²) in [5.74, 6) is 0.415. The van der Waals surface area contributed by atoms with Crippen molar-refractivity contribution >= 4 is 5.91 Å². The van der Waals surface area contributed by atoms with Gasteiger partial charge in [-0.2, -0.15) is 0 Å². The Hall–Kier alpha value is -0.870. The molecular weight excluding hydrogens is 240 g/mol. The fourth-order valence-electron chi connectivity index (χ4n) is 1.62. The molecule has 1 aliphatic rings. The highest BCUT2D eigenvalue weighted by Crippen LogP contribution is 2.15. The molecule has 1 heterocycles. The van der Waals surface area contributed by atoms with E-state index in [2.05, 4.69) is 30.6 Å². The lowest BCUT2D eigenvalue weighted by Gasteiger charge is -2.38. The molecule has 1 aliphatic heterocycles. The first-order valence-corrected chi connectivity index (χ1v) is 7.20. The van der Waals surface area contributed by atoms with Gasteiger partial charge in [0.05, 0.1) is 19.3 Å². The first-order chi connectivity index (χ1) is 8.93. The Morgan fingerprint density at radius 2 is 1.89 bits per heavy atom. The average Bonchev–Trinajstić information content (AvgIpc) is 2.34. The van der Waals surface area contributed by atoms with Crippen LogP contribution in [0.5, 0.6) is 0 Å². The van der Waals surface area contributed by atoms with Crippen molar-refractivity contribution in [3.63, 3.8) is 0 Å². The number of hydrogen-bond donors (Lipinski definition) is 1. The summed E-state index contributed by atoms with van der Waals surface area (Å²) in [7, 11) is 2.01. The number of likely N-dealkylation sites (N-methyl/N-ethyl adjacent to an activating group) is 1. The Balaban J connectivity index is 0.00000154. The van der Waals surface area contributed by atoms with Gasteiger partial charge in [0.2, 0.25) is 5.91 Å². The predicted molar refractivity (Wildman–Crippen MR) is 80.2 cm³/mol. The first-order valence-electron chi connectivity index (χ1n) is 7.20. The molecule has 4 nitrogen and oxygen atoms in total. The van der Waals surface area contributed by atoms with E-state index >= 15 is 0 Å². The highest BCUT2D eigenvalue weighted by Gasteiger charge is 2.29. The zero-order valence-corrected chi connectivity index (χ0v) is 13.3. The standard InChI is InChI=1S/C13H24N2O2.C2H6/c1-9(2)6-14-13(16)10(3)11(4)15(5)12-7-17-8-12;1-2/h9,11-12H,3,6-8H2,1-2,4-5H3,(H,14,16);1-2H3. The van der Waals surface area contributed by atoms with E-state index in [-0.39, 0.29) is 11.9 Å². The van der Waals surface area contributed by atoms with E-state index in [9.17, 15) is 4.79 Å². The van der Waals surface area contributed by atoms with Gasteiger partial charge in [-0.05, 0) is 19.9 Å². The van der Waals surface area contributed by atoms with Crippen LogP contribution in [-0.4, -0.2) is 49.7 Å². The van der Waals surface area contributed by atoms with Gasteiger partial charge in [-0.25, -0.2) is 0 Å². The summed E-state index contributed by atoms with van der Waals surface area (Å²) < 4.78 is 5.15. The predicted octanol–water partition coefficient (Wildman–Crippen LogP) is 2.06. The highest BCUT2D eigenvalue weighted by molar-refractivity contribution is 5.93. The maximum Gasteiger partial charge on any atom is 0.248 e. The summed E-state index contributed by atoms with van der Waals surface area (Å²) in [5.41, 5.74) is 0.625. The van der Waals surface area contributed by atoms with Crippen LogP contribution in [0.4, 0.5) is 0 Å². The van der Waals surface area contributed by atoms with Crippen molar-refractivity contribution in [1.82, 2.24) is 10.2 Å². The fraction of sp³-hybridized carbons (Fsp3) is 0.800. The Labute approximate surface area is 118 Å². The summed E-state index contributed by atoms with van der Waals surface area (Å²) in [4.78, 5) is 14.0. The Morgan fingerprint density at radius 1 is 1.37 bits per heavy atom. The molecule has 4 heteroatoms. The van der Waals surface area contributed by atoms with Crippen LogP contribution in [0.1, 0.15) is 34.6 Å². The van der Waals surface area contributed by atoms with Crippen molar-refractivity contribution in [3.8, 4) is 0 Å². The first kappa shape index (κ1) is 18.1. The van der Waals surface area contributed by atoms with E-state index in [1.54, 1.807) is 0 Å². The molecule has 1 fully saturated rings. The zero-order valence-electron chi connectivity index (χ0n) is 13.3. The maximum atomic E-state index is 11.9. The van der Waals surface area contributed by atoms with E-state index < -0.39 is 0 Å². The Kier molecular flexibility index (Phi) is 8.68. The Morgan fingerprint density at radius 3 is 2.26 bits per heavy atom. The SMILES string of the molecule is C=C(C(=O)NCC(C)C)C(C)N(C)C1COC1.CC. The van der Waals surface area contributed by atoms with Crippen LogP contribution in [0.2, 0.25) is 0 Å². The number of amides is 1. The van der Waals surface area contributed by atoms with Gasteiger partial charge >= 0.3 is 0 Å². The van der Waals surface area contributed by atoms with Crippen molar-refractivity contribution in [2.75, 3.05) is 26.8 Å². The second-order valence-electron chi connectivity index (χ2n) is 5.16. The molecule has 1 amide bonds. The molecule has 1 N–H and O–H groups in total. The van der Waals surface area contributed by atoms with Crippen LogP contribution in [0.15, 0.2) is 12.2 Å². The molecule has 1 atom stereocenters. The second-order valence-corrected chi connectivity index (χ2v) is 5.16. The minimum atomic E-state index is -0.0432. The molecule has 0 bridgehead atoms. The number of ether oxygens (including phenoxy) is 1. The molecule has 112 valence electrons. The van der Waals surface area contributed by atoms with Gasteiger partial charge in [0, 0.05) is 18.2 Å². The zero-order chi connectivity index (χ0) is 15.0. The monoisotopic (exact) mass is 270 g/mol.